The lowest BCUT2D eigenvalue weighted by Crippen LogP contribution is -2.40. The second-order valence-corrected chi connectivity index (χ2v) is 8.28. The summed E-state index contributed by atoms with van der Waals surface area (Å²) in [6, 6.07) is 7.41. The maximum Gasteiger partial charge on any atom is 0.215 e. The molecule has 0 heterocycles. The minimum atomic E-state index is -3.33. The Hall–Kier alpha value is -0.560. The van der Waals surface area contributed by atoms with Crippen LogP contribution in [0.4, 0.5) is 0 Å². The van der Waals surface area contributed by atoms with Crippen LogP contribution >= 0.6 is 11.8 Å². The van der Waals surface area contributed by atoms with Crippen molar-refractivity contribution in [2.75, 3.05) is 12.8 Å². The monoisotopic (exact) mass is 330 g/mol. The predicted molar refractivity (Wildman–Crippen MR) is 91.8 cm³/mol. The molecule has 0 aliphatic heterocycles. The van der Waals surface area contributed by atoms with Crippen LogP contribution in [-0.4, -0.2) is 26.0 Å². The van der Waals surface area contributed by atoms with Gasteiger partial charge in [-0.2, -0.15) is 11.8 Å². The van der Waals surface area contributed by atoms with Crippen molar-refractivity contribution in [2.24, 2.45) is 5.73 Å². The number of nitrogens with one attached hydrogen (secondary N) is 1. The minimum absolute atomic E-state index is 0.00126. The Morgan fingerprint density at radius 1 is 1.24 bits per heavy atom. The highest BCUT2D eigenvalue weighted by Crippen LogP contribution is 2.29. The molecular formula is C15H26N2O2S2. The first-order valence-corrected chi connectivity index (χ1v) is 10.1. The van der Waals surface area contributed by atoms with Crippen molar-refractivity contribution in [1.82, 2.24) is 4.72 Å². The van der Waals surface area contributed by atoms with Crippen molar-refractivity contribution in [3.05, 3.63) is 35.4 Å². The molecule has 0 saturated heterocycles. The summed E-state index contributed by atoms with van der Waals surface area (Å²) < 4.78 is 27.2. The lowest BCUT2D eigenvalue weighted by molar-refractivity contribution is 0.521. The van der Waals surface area contributed by atoms with Crippen LogP contribution in [0.5, 0.6) is 0 Å². The molecule has 1 rings (SSSR count). The van der Waals surface area contributed by atoms with Crippen molar-refractivity contribution in [3.8, 4) is 0 Å². The Morgan fingerprint density at radius 3 is 2.38 bits per heavy atom. The van der Waals surface area contributed by atoms with Crippen LogP contribution in [0.15, 0.2) is 24.3 Å². The molecule has 0 bridgehead atoms. The Labute approximate surface area is 132 Å². The first kappa shape index (κ1) is 18.5. The zero-order chi connectivity index (χ0) is 15.9. The van der Waals surface area contributed by atoms with E-state index in [2.05, 4.69) is 18.6 Å². The van der Waals surface area contributed by atoms with Gasteiger partial charge >= 0.3 is 0 Å². The number of sulfonamides is 1. The van der Waals surface area contributed by atoms with Gasteiger partial charge in [0, 0.05) is 17.8 Å². The van der Waals surface area contributed by atoms with Gasteiger partial charge in [-0.25, -0.2) is 13.1 Å². The van der Waals surface area contributed by atoms with Gasteiger partial charge in [0.2, 0.25) is 10.0 Å². The van der Waals surface area contributed by atoms with Crippen molar-refractivity contribution in [1.29, 1.82) is 0 Å². The summed E-state index contributed by atoms with van der Waals surface area (Å²) >= 11 is 1.73. The number of hydrogen-bond acceptors (Lipinski definition) is 4. The van der Waals surface area contributed by atoms with E-state index in [1.54, 1.807) is 11.8 Å². The van der Waals surface area contributed by atoms with Gasteiger partial charge in [-0.3, -0.25) is 0 Å². The van der Waals surface area contributed by atoms with Crippen molar-refractivity contribution >= 4 is 21.8 Å². The Balaban J connectivity index is 2.73. The molecule has 1 aromatic carbocycles. The lowest BCUT2D eigenvalue weighted by Gasteiger charge is -2.29. The molecule has 3 N–H and O–H groups in total. The normalized spacial score (nSPS) is 12.6. The summed E-state index contributed by atoms with van der Waals surface area (Å²) in [4.78, 5) is 0. The maximum atomic E-state index is 12.2. The van der Waals surface area contributed by atoms with Crippen molar-refractivity contribution in [2.45, 2.75) is 43.7 Å². The summed E-state index contributed by atoms with van der Waals surface area (Å²) in [5, 5.41) is 0. The van der Waals surface area contributed by atoms with Gasteiger partial charge in [-0.15, -0.1) is 0 Å². The van der Waals surface area contributed by atoms with Gasteiger partial charge in [-0.05, 0) is 30.2 Å². The molecule has 6 heteroatoms. The molecule has 0 aliphatic carbocycles. The van der Waals surface area contributed by atoms with Gasteiger partial charge < -0.3 is 5.73 Å². The molecule has 4 nitrogen and oxygen atoms in total. The smallest absolute Gasteiger partial charge is 0.215 e. The highest BCUT2D eigenvalue weighted by atomic mass is 32.2. The fourth-order valence-electron chi connectivity index (χ4n) is 2.22. The van der Waals surface area contributed by atoms with Crippen LogP contribution in [0.25, 0.3) is 0 Å². The third-order valence-electron chi connectivity index (χ3n) is 3.92. The number of thioether (sulfide) groups is 1. The summed E-state index contributed by atoms with van der Waals surface area (Å²) in [6.07, 6.45) is 3.91. The largest absolute Gasteiger partial charge is 0.326 e. The third-order valence-corrected chi connectivity index (χ3v) is 6.80. The average molecular weight is 331 g/mol. The summed E-state index contributed by atoms with van der Waals surface area (Å²) in [6.45, 7) is 5.08. The SMILES string of the molecule is CCC(CC)(CNS(=O)(=O)Cc1cccc(CN)c1)SC. The molecule has 1 aromatic rings. The van der Waals surface area contributed by atoms with Crippen LogP contribution in [0, 0.1) is 0 Å². The maximum absolute atomic E-state index is 12.2. The lowest BCUT2D eigenvalue weighted by atomic mass is 10.0. The number of nitrogens with two attached hydrogens (primary N) is 1. The fraction of sp³-hybridized carbons (Fsp3) is 0.600. The van der Waals surface area contributed by atoms with Crippen molar-refractivity contribution < 1.29 is 8.42 Å². The predicted octanol–water partition coefficient (Wildman–Crippen LogP) is 2.49. The zero-order valence-corrected chi connectivity index (χ0v) is 14.7. The second kappa shape index (κ2) is 8.17. The Bertz CT molecular complexity index is 532. The van der Waals surface area contributed by atoms with E-state index < -0.39 is 10.0 Å². The first-order chi connectivity index (χ1) is 9.90. The topological polar surface area (TPSA) is 72.2 Å². The minimum Gasteiger partial charge on any atom is -0.326 e. The number of hydrogen-bond donors (Lipinski definition) is 2. The van der Waals surface area contributed by atoms with Crippen LogP contribution < -0.4 is 10.5 Å². The van der Waals surface area contributed by atoms with E-state index in [4.69, 9.17) is 5.73 Å². The van der Waals surface area contributed by atoms with Crippen LogP contribution in [0.1, 0.15) is 37.8 Å². The molecule has 0 amide bonds. The van der Waals surface area contributed by atoms with E-state index in [0.717, 1.165) is 24.0 Å². The van der Waals surface area contributed by atoms with Crippen molar-refractivity contribution in [3.63, 3.8) is 0 Å². The van der Waals surface area contributed by atoms with Gasteiger partial charge in [0.1, 0.15) is 0 Å². The van der Waals surface area contributed by atoms with Crippen LogP contribution in [0.2, 0.25) is 0 Å². The standard InChI is InChI=1S/C15H26N2O2S2/c1-4-15(5-2,20-3)12-17-21(18,19)11-14-8-6-7-13(9-14)10-16/h6-9,17H,4-5,10-12,16H2,1-3H3. The van der Waals surface area contributed by atoms with E-state index in [1.807, 2.05) is 30.5 Å². The molecule has 0 aromatic heterocycles. The Kier molecular flexibility index (Phi) is 7.20. The summed E-state index contributed by atoms with van der Waals surface area (Å²) in [5.74, 6) is -0.00126. The number of rotatable bonds is 9. The Morgan fingerprint density at radius 2 is 1.86 bits per heavy atom. The van der Waals surface area contributed by atoms with Gasteiger partial charge in [0.15, 0.2) is 0 Å². The first-order valence-electron chi connectivity index (χ1n) is 7.20. The van der Waals surface area contributed by atoms with E-state index >= 15 is 0 Å². The molecule has 0 spiro atoms. The molecule has 0 unspecified atom stereocenters. The molecule has 0 atom stereocenters. The molecule has 21 heavy (non-hydrogen) atoms. The van der Waals surface area contributed by atoms with Gasteiger partial charge in [0.25, 0.3) is 0 Å². The van der Waals surface area contributed by atoms with Crippen LogP contribution in [-0.2, 0) is 22.3 Å². The highest BCUT2D eigenvalue weighted by molar-refractivity contribution is 8.00. The van der Waals surface area contributed by atoms with Gasteiger partial charge in [-0.1, -0.05) is 38.1 Å². The van der Waals surface area contributed by atoms with E-state index in [-0.39, 0.29) is 10.5 Å². The molecule has 0 aliphatic rings. The summed E-state index contributed by atoms with van der Waals surface area (Å²) in [5.41, 5.74) is 7.30. The quantitative estimate of drug-likeness (QED) is 0.729. The van der Waals surface area contributed by atoms with Crippen LogP contribution in [0.3, 0.4) is 0 Å². The van der Waals surface area contributed by atoms with Gasteiger partial charge in [0.05, 0.1) is 5.75 Å². The average Bonchev–Trinajstić information content (AvgIpc) is 2.49. The molecule has 120 valence electrons. The molecule has 0 radical (unpaired) electrons. The second-order valence-electron chi connectivity index (χ2n) is 5.20. The zero-order valence-electron chi connectivity index (χ0n) is 13.1. The third kappa shape index (κ3) is 5.62. The molecular weight excluding hydrogens is 304 g/mol. The fourth-order valence-corrected chi connectivity index (χ4v) is 4.32. The molecule has 0 saturated carbocycles. The molecule has 0 fully saturated rings. The van der Waals surface area contributed by atoms with E-state index in [0.29, 0.717) is 13.1 Å². The summed E-state index contributed by atoms with van der Waals surface area (Å²) in [7, 11) is -3.33. The van der Waals surface area contributed by atoms with E-state index in [1.165, 1.54) is 0 Å². The van der Waals surface area contributed by atoms with E-state index in [9.17, 15) is 8.42 Å². The highest BCUT2D eigenvalue weighted by Gasteiger charge is 2.26. The number of benzene rings is 1.